The summed E-state index contributed by atoms with van der Waals surface area (Å²) in [4.78, 5) is 46.0. The molecule has 1 aliphatic carbocycles. The van der Waals surface area contributed by atoms with E-state index in [9.17, 15) is 31.9 Å². The summed E-state index contributed by atoms with van der Waals surface area (Å²) in [5.41, 5.74) is -2.88. The van der Waals surface area contributed by atoms with E-state index >= 15 is 0 Å². The van der Waals surface area contributed by atoms with E-state index in [1.54, 1.807) is 0 Å². The third-order valence-corrected chi connectivity index (χ3v) is 5.34. The fraction of sp³-hybridized carbons (Fsp3) is 0.450. The Labute approximate surface area is 173 Å². The van der Waals surface area contributed by atoms with Gasteiger partial charge in [-0.1, -0.05) is 0 Å². The summed E-state index contributed by atoms with van der Waals surface area (Å²) < 4.78 is 61.0. The van der Waals surface area contributed by atoms with Crippen LogP contribution in [0.3, 0.4) is 0 Å². The second-order valence-electron chi connectivity index (χ2n) is 7.41. The predicted octanol–water partition coefficient (Wildman–Crippen LogP) is 2.75. The summed E-state index contributed by atoms with van der Waals surface area (Å²) >= 11 is 0. The molecule has 0 radical (unpaired) electrons. The minimum atomic E-state index is -5.05. The smallest absolute Gasteiger partial charge is 0.378 e. The van der Waals surface area contributed by atoms with Crippen molar-refractivity contribution in [2.24, 2.45) is 5.92 Å². The Bertz CT molecular complexity index is 1060. The number of halogens is 4. The van der Waals surface area contributed by atoms with Gasteiger partial charge in [0, 0.05) is 31.3 Å². The van der Waals surface area contributed by atoms with Crippen LogP contribution in [0.5, 0.6) is 0 Å². The lowest BCUT2D eigenvalue weighted by atomic mass is 9.81. The van der Waals surface area contributed by atoms with Gasteiger partial charge in [-0.2, -0.15) is 13.2 Å². The van der Waals surface area contributed by atoms with Gasteiger partial charge >= 0.3 is 6.18 Å². The minimum Gasteiger partial charge on any atom is -0.378 e. The number of fused-ring (bicyclic) bond motifs is 1. The van der Waals surface area contributed by atoms with Crippen LogP contribution in [-0.4, -0.2) is 53.6 Å². The zero-order chi connectivity index (χ0) is 22.3. The molecule has 0 aromatic carbocycles. The molecular weight excluding hydrogens is 422 g/mol. The Hall–Kier alpha value is -2.95. The molecule has 7 nitrogen and oxygen atoms in total. The maximum absolute atomic E-state index is 14.7. The molecule has 0 amide bonds. The second-order valence-corrected chi connectivity index (χ2v) is 7.41. The van der Waals surface area contributed by atoms with Crippen molar-refractivity contribution in [3.63, 3.8) is 0 Å². The van der Waals surface area contributed by atoms with Gasteiger partial charge in [-0.3, -0.25) is 14.4 Å². The number of rotatable bonds is 3. The first-order chi connectivity index (χ1) is 14.7. The number of morpholine rings is 1. The Balaban J connectivity index is 1.84. The molecule has 2 aromatic rings. The van der Waals surface area contributed by atoms with Gasteiger partial charge in [0.15, 0.2) is 40.3 Å². The number of hydrogen-bond donors (Lipinski definition) is 0. The SMILES string of the molecule is O=C1CCCC(=O)C1C(=O)c1cc2cc(F)c(N3CCOCC3)nc2nc1C(F)(F)F. The number of nitrogens with zero attached hydrogens (tertiary/aromatic N) is 3. The first kappa shape index (κ1) is 21.3. The lowest BCUT2D eigenvalue weighted by molar-refractivity contribution is -0.142. The summed E-state index contributed by atoms with van der Waals surface area (Å²) in [7, 11) is 0. The molecule has 11 heteroatoms. The maximum atomic E-state index is 14.7. The summed E-state index contributed by atoms with van der Waals surface area (Å²) in [5.74, 6) is -5.45. The molecule has 3 heterocycles. The lowest BCUT2D eigenvalue weighted by Gasteiger charge is -2.28. The van der Waals surface area contributed by atoms with E-state index in [4.69, 9.17) is 4.74 Å². The zero-order valence-electron chi connectivity index (χ0n) is 16.2. The summed E-state index contributed by atoms with van der Waals surface area (Å²) in [6, 6.07) is 1.75. The number of ketones is 3. The molecule has 2 aliphatic rings. The number of hydrogen-bond acceptors (Lipinski definition) is 7. The Morgan fingerprint density at radius 3 is 2.32 bits per heavy atom. The first-order valence-corrected chi connectivity index (χ1v) is 9.67. The van der Waals surface area contributed by atoms with Gasteiger partial charge in [0.05, 0.1) is 18.8 Å². The van der Waals surface area contributed by atoms with Crippen LogP contribution >= 0.6 is 0 Å². The number of ether oxygens (including phenoxy) is 1. The molecule has 0 N–H and O–H groups in total. The summed E-state index contributed by atoms with van der Waals surface area (Å²) in [6.07, 6.45) is -4.93. The number of aromatic nitrogens is 2. The number of anilines is 1. The van der Waals surface area contributed by atoms with E-state index in [0.717, 1.165) is 12.1 Å². The molecule has 1 saturated heterocycles. The molecule has 2 aromatic heterocycles. The molecule has 1 saturated carbocycles. The van der Waals surface area contributed by atoms with E-state index in [0.29, 0.717) is 26.3 Å². The number of pyridine rings is 2. The third-order valence-electron chi connectivity index (χ3n) is 5.34. The summed E-state index contributed by atoms with van der Waals surface area (Å²) in [5, 5.41) is -0.137. The van der Waals surface area contributed by atoms with Gasteiger partial charge in [0.1, 0.15) is 5.92 Å². The Morgan fingerprint density at radius 2 is 1.71 bits per heavy atom. The highest BCUT2D eigenvalue weighted by molar-refractivity contribution is 6.25. The van der Waals surface area contributed by atoms with Gasteiger partial charge in [-0.15, -0.1) is 0 Å². The van der Waals surface area contributed by atoms with Gasteiger partial charge < -0.3 is 9.64 Å². The summed E-state index contributed by atoms with van der Waals surface area (Å²) in [6.45, 7) is 1.25. The highest BCUT2D eigenvalue weighted by Gasteiger charge is 2.43. The fourth-order valence-corrected chi connectivity index (χ4v) is 3.82. The number of carbonyl (C=O) groups excluding carboxylic acids is 3. The van der Waals surface area contributed by atoms with E-state index in [-0.39, 0.29) is 30.5 Å². The van der Waals surface area contributed by atoms with Crippen LogP contribution in [-0.2, 0) is 20.5 Å². The van der Waals surface area contributed by atoms with Crippen LogP contribution in [0, 0.1) is 11.7 Å². The second kappa shape index (κ2) is 7.95. The van der Waals surface area contributed by atoms with Gasteiger partial charge in [0.25, 0.3) is 0 Å². The van der Waals surface area contributed by atoms with Crippen LogP contribution in [0.1, 0.15) is 35.3 Å². The maximum Gasteiger partial charge on any atom is 0.434 e. The number of Topliss-reactive ketones (excluding diaryl/α,β-unsaturated/α-hetero) is 3. The van der Waals surface area contributed by atoms with Gasteiger partial charge in [0.2, 0.25) is 0 Å². The van der Waals surface area contributed by atoms with Crippen LogP contribution in [0.25, 0.3) is 11.0 Å². The third kappa shape index (κ3) is 4.01. The van der Waals surface area contributed by atoms with Crippen LogP contribution in [0.15, 0.2) is 12.1 Å². The number of carbonyl (C=O) groups is 3. The molecule has 4 rings (SSSR count). The highest BCUT2D eigenvalue weighted by atomic mass is 19.4. The zero-order valence-corrected chi connectivity index (χ0v) is 16.2. The molecule has 164 valence electrons. The van der Waals surface area contributed by atoms with Crippen molar-refractivity contribution in [2.45, 2.75) is 25.4 Å². The first-order valence-electron chi connectivity index (χ1n) is 9.67. The molecule has 0 unspecified atom stereocenters. The highest BCUT2D eigenvalue weighted by Crippen LogP contribution is 2.35. The van der Waals surface area contributed by atoms with E-state index in [1.807, 2.05) is 0 Å². The Kier molecular flexibility index (Phi) is 5.46. The molecule has 31 heavy (non-hydrogen) atoms. The Morgan fingerprint density at radius 1 is 1.06 bits per heavy atom. The molecule has 1 aliphatic heterocycles. The quantitative estimate of drug-likeness (QED) is 0.413. The average Bonchev–Trinajstić information content (AvgIpc) is 2.72. The molecular formula is C20H17F4N3O4. The van der Waals surface area contributed by atoms with Crippen molar-refractivity contribution < 1.29 is 36.7 Å². The largest absolute Gasteiger partial charge is 0.434 e. The van der Waals surface area contributed by atoms with Crippen molar-refractivity contribution in [3.8, 4) is 0 Å². The predicted molar refractivity (Wildman–Crippen MR) is 99.2 cm³/mol. The fourth-order valence-electron chi connectivity index (χ4n) is 3.82. The van der Waals surface area contributed by atoms with Gasteiger partial charge in [-0.25, -0.2) is 14.4 Å². The van der Waals surface area contributed by atoms with Crippen molar-refractivity contribution in [1.82, 2.24) is 9.97 Å². The number of alkyl halides is 3. The minimum absolute atomic E-state index is 0.0659. The standard InChI is InChI=1S/C20H17F4N3O4/c21-12-9-10-8-11(16(30)15-13(28)2-1-3-14(15)29)17(20(22,23)24)25-18(10)26-19(12)27-4-6-31-7-5-27/h8-9,15H,1-7H2. The van der Waals surface area contributed by atoms with Crippen LogP contribution in [0.2, 0.25) is 0 Å². The van der Waals surface area contributed by atoms with E-state index in [1.165, 1.54) is 4.90 Å². The van der Waals surface area contributed by atoms with Crippen LogP contribution in [0.4, 0.5) is 23.4 Å². The lowest BCUT2D eigenvalue weighted by Crippen LogP contribution is -2.37. The topological polar surface area (TPSA) is 89.5 Å². The van der Waals surface area contributed by atoms with E-state index < -0.39 is 52.2 Å². The normalized spacial score (nSPS) is 18.6. The van der Waals surface area contributed by atoms with Crippen molar-refractivity contribution in [1.29, 1.82) is 0 Å². The molecule has 2 fully saturated rings. The van der Waals surface area contributed by atoms with Crippen LogP contribution < -0.4 is 4.90 Å². The monoisotopic (exact) mass is 439 g/mol. The molecule has 0 atom stereocenters. The van der Waals surface area contributed by atoms with Gasteiger partial charge in [-0.05, 0) is 18.6 Å². The van der Waals surface area contributed by atoms with Crippen molar-refractivity contribution in [3.05, 3.63) is 29.2 Å². The van der Waals surface area contributed by atoms with E-state index in [2.05, 4.69) is 9.97 Å². The van der Waals surface area contributed by atoms with Crippen molar-refractivity contribution in [2.75, 3.05) is 31.2 Å². The molecule has 0 spiro atoms. The molecule has 0 bridgehead atoms. The van der Waals surface area contributed by atoms with Crippen molar-refractivity contribution >= 4 is 34.2 Å². The average molecular weight is 439 g/mol.